The van der Waals surface area contributed by atoms with Crippen LogP contribution in [0.4, 0.5) is 0 Å². The number of nitrogens with one attached hydrogen (secondary N) is 1. The van der Waals surface area contributed by atoms with Crippen LogP contribution in [0.1, 0.15) is 38.5 Å². The number of carbonyl (C=O) groups excluding carboxylic acids is 1. The fourth-order valence-corrected chi connectivity index (χ4v) is 4.40. The van der Waals surface area contributed by atoms with Crippen molar-refractivity contribution < 1.29 is 13.2 Å². The lowest BCUT2D eigenvalue weighted by Gasteiger charge is -2.17. The molecule has 2 fully saturated rings. The highest BCUT2D eigenvalue weighted by Crippen LogP contribution is 2.32. The summed E-state index contributed by atoms with van der Waals surface area (Å²) in [7, 11) is -3.27. The molecule has 0 heterocycles. The van der Waals surface area contributed by atoms with E-state index in [0.717, 1.165) is 25.7 Å². The second-order valence-corrected chi connectivity index (χ2v) is 7.74. The third-order valence-electron chi connectivity index (χ3n) is 3.93. The molecule has 1 atom stereocenters. The lowest BCUT2D eigenvalue weighted by molar-refractivity contribution is -0.119. The molecule has 1 amide bonds. The van der Waals surface area contributed by atoms with Crippen molar-refractivity contribution in [3.8, 4) is 0 Å². The molecule has 112 valence electrons. The van der Waals surface area contributed by atoms with Gasteiger partial charge in [-0.05, 0) is 31.6 Å². The van der Waals surface area contributed by atoms with E-state index in [2.05, 4.69) is 5.32 Å². The van der Waals surface area contributed by atoms with Crippen molar-refractivity contribution in [3.05, 3.63) is 0 Å². The molecule has 0 aromatic carbocycles. The van der Waals surface area contributed by atoms with E-state index >= 15 is 0 Å². The summed E-state index contributed by atoms with van der Waals surface area (Å²) in [5.74, 6) is -0.307. The summed E-state index contributed by atoms with van der Waals surface area (Å²) in [5, 5.41) is 2.46. The highest BCUT2D eigenvalue weighted by Gasteiger charge is 2.34. The number of hydrogen-bond acceptors (Lipinski definition) is 4. The average Bonchev–Trinajstić information content (AvgIpc) is 2.98. The van der Waals surface area contributed by atoms with Gasteiger partial charge in [0.15, 0.2) is 9.84 Å². The van der Waals surface area contributed by atoms with Gasteiger partial charge in [0.25, 0.3) is 0 Å². The molecule has 2 rings (SSSR count). The molecule has 2 aliphatic rings. The van der Waals surface area contributed by atoms with Crippen LogP contribution >= 0.6 is 12.4 Å². The highest BCUT2D eigenvalue weighted by molar-refractivity contribution is 7.92. The number of carbonyl (C=O) groups is 1. The Morgan fingerprint density at radius 2 is 1.79 bits per heavy atom. The molecule has 0 spiro atoms. The fraction of sp³-hybridized carbons (Fsp3) is 0.917. The number of sulfone groups is 1. The molecule has 0 aromatic rings. The Bertz CT molecular complexity index is 403. The average molecular weight is 311 g/mol. The molecule has 0 aliphatic heterocycles. The summed E-state index contributed by atoms with van der Waals surface area (Å²) in [6, 6.07) is -0.0451. The van der Waals surface area contributed by atoms with E-state index in [-0.39, 0.29) is 35.4 Å². The number of halogens is 1. The van der Waals surface area contributed by atoms with Crippen LogP contribution in [0.2, 0.25) is 0 Å². The van der Waals surface area contributed by atoms with Crippen LogP contribution in [0, 0.1) is 5.92 Å². The molecule has 7 heteroatoms. The van der Waals surface area contributed by atoms with Gasteiger partial charge in [-0.15, -0.1) is 12.4 Å². The first-order chi connectivity index (χ1) is 8.53. The summed E-state index contributed by atoms with van der Waals surface area (Å²) >= 11 is 0. The molecular weight excluding hydrogens is 288 g/mol. The van der Waals surface area contributed by atoms with Crippen LogP contribution in [0.5, 0.6) is 0 Å². The molecular formula is C12H23ClN2O3S. The van der Waals surface area contributed by atoms with Crippen LogP contribution in [-0.2, 0) is 14.6 Å². The van der Waals surface area contributed by atoms with Crippen LogP contribution < -0.4 is 11.1 Å². The molecule has 5 nitrogen and oxygen atoms in total. The van der Waals surface area contributed by atoms with E-state index in [1.807, 2.05) is 0 Å². The van der Waals surface area contributed by atoms with Crippen molar-refractivity contribution in [1.29, 1.82) is 0 Å². The quantitative estimate of drug-likeness (QED) is 0.752. The van der Waals surface area contributed by atoms with Gasteiger partial charge in [-0.3, -0.25) is 4.79 Å². The van der Waals surface area contributed by atoms with Gasteiger partial charge in [0, 0.05) is 12.6 Å². The number of nitrogens with two attached hydrogens (primary N) is 1. The molecule has 0 saturated heterocycles. The Morgan fingerprint density at radius 3 is 2.26 bits per heavy atom. The SMILES string of the molecule is Cl.NCC(NC(=O)CS(=O)(=O)C1CCCC1)C1CC1. The predicted octanol–water partition coefficient (Wildman–Crippen LogP) is 0.619. The fourth-order valence-electron chi connectivity index (χ4n) is 2.66. The highest BCUT2D eigenvalue weighted by atomic mass is 35.5. The largest absolute Gasteiger partial charge is 0.351 e. The van der Waals surface area contributed by atoms with E-state index in [4.69, 9.17) is 5.73 Å². The zero-order valence-corrected chi connectivity index (χ0v) is 12.6. The van der Waals surface area contributed by atoms with Crippen LogP contribution in [0.25, 0.3) is 0 Å². The van der Waals surface area contributed by atoms with Gasteiger partial charge in [0.2, 0.25) is 5.91 Å². The normalized spacial score (nSPS) is 21.7. The first kappa shape index (κ1) is 16.7. The molecule has 3 N–H and O–H groups in total. The Hall–Kier alpha value is -0.330. The summed E-state index contributed by atoms with van der Waals surface area (Å²) in [6.45, 7) is 0.389. The van der Waals surface area contributed by atoms with Crippen molar-refractivity contribution in [1.82, 2.24) is 5.32 Å². The summed E-state index contributed by atoms with van der Waals surface area (Å²) in [5.41, 5.74) is 5.58. The monoisotopic (exact) mass is 310 g/mol. The van der Waals surface area contributed by atoms with Gasteiger partial charge >= 0.3 is 0 Å². The molecule has 0 aromatic heterocycles. The van der Waals surface area contributed by atoms with Gasteiger partial charge in [-0.25, -0.2) is 8.42 Å². The minimum atomic E-state index is -3.27. The van der Waals surface area contributed by atoms with Crippen molar-refractivity contribution >= 4 is 28.2 Å². The zero-order chi connectivity index (χ0) is 13.2. The lowest BCUT2D eigenvalue weighted by Crippen LogP contribution is -2.45. The molecule has 0 bridgehead atoms. The Morgan fingerprint density at radius 1 is 1.21 bits per heavy atom. The van der Waals surface area contributed by atoms with Crippen LogP contribution in [0.15, 0.2) is 0 Å². The molecule has 2 saturated carbocycles. The van der Waals surface area contributed by atoms with Crippen molar-refractivity contribution in [2.75, 3.05) is 12.3 Å². The van der Waals surface area contributed by atoms with Gasteiger partial charge in [0.1, 0.15) is 5.75 Å². The topological polar surface area (TPSA) is 89.3 Å². The smallest absolute Gasteiger partial charge is 0.235 e. The maximum atomic E-state index is 12.0. The van der Waals surface area contributed by atoms with Crippen molar-refractivity contribution in [2.45, 2.75) is 49.8 Å². The predicted molar refractivity (Wildman–Crippen MR) is 77.0 cm³/mol. The number of rotatable bonds is 6. The number of amides is 1. The Kier molecular flexibility index (Phi) is 6.08. The zero-order valence-electron chi connectivity index (χ0n) is 11.0. The van der Waals surface area contributed by atoms with E-state index < -0.39 is 9.84 Å². The van der Waals surface area contributed by atoms with E-state index in [0.29, 0.717) is 25.3 Å². The van der Waals surface area contributed by atoms with Crippen LogP contribution in [-0.4, -0.2) is 37.9 Å². The third-order valence-corrected chi connectivity index (χ3v) is 6.09. The van der Waals surface area contributed by atoms with Gasteiger partial charge in [-0.1, -0.05) is 12.8 Å². The van der Waals surface area contributed by atoms with Crippen molar-refractivity contribution in [2.24, 2.45) is 11.7 Å². The summed E-state index contributed by atoms with van der Waals surface area (Å²) in [4.78, 5) is 11.8. The number of hydrogen-bond donors (Lipinski definition) is 2. The van der Waals surface area contributed by atoms with E-state index in [1.54, 1.807) is 0 Å². The maximum Gasteiger partial charge on any atom is 0.235 e. The van der Waals surface area contributed by atoms with E-state index in [9.17, 15) is 13.2 Å². The standard InChI is InChI=1S/C12H22N2O3S.ClH/c13-7-11(9-5-6-9)14-12(15)8-18(16,17)10-3-1-2-4-10;/h9-11H,1-8,13H2,(H,14,15);1H. The van der Waals surface area contributed by atoms with Gasteiger partial charge < -0.3 is 11.1 Å². The summed E-state index contributed by atoms with van der Waals surface area (Å²) < 4.78 is 24.0. The molecule has 1 unspecified atom stereocenters. The Labute approximate surface area is 121 Å². The first-order valence-electron chi connectivity index (χ1n) is 6.74. The second kappa shape index (κ2) is 6.90. The van der Waals surface area contributed by atoms with Crippen LogP contribution in [0.3, 0.4) is 0 Å². The minimum Gasteiger partial charge on any atom is -0.351 e. The van der Waals surface area contributed by atoms with Gasteiger partial charge in [-0.2, -0.15) is 0 Å². The minimum absolute atomic E-state index is 0. The molecule has 19 heavy (non-hydrogen) atoms. The molecule has 2 aliphatic carbocycles. The van der Waals surface area contributed by atoms with Crippen molar-refractivity contribution in [3.63, 3.8) is 0 Å². The van der Waals surface area contributed by atoms with Gasteiger partial charge in [0.05, 0.1) is 5.25 Å². The molecule has 0 radical (unpaired) electrons. The maximum absolute atomic E-state index is 12.0. The second-order valence-electron chi connectivity index (χ2n) is 5.46. The Balaban J connectivity index is 0.00000180. The third kappa shape index (κ3) is 4.61. The van der Waals surface area contributed by atoms with E-state index in [1.165, 1.54) is 0 Å². The first-order valence-corrected chi connectivity index (χ1v) is 8.45. The lowest BCUT2D eigenvalue weighted by atomic mass is 10.2. The summed E-state index contributed by atoms with van der Waals surface area (Å²) in [6.07, 6.45) is 5.49.